The standard InChI is InChI=1S/C16H18BrN5S.ClH/c1-10-5-4-6-13(9-10)22-14(18-19-16(22)23)7-8-21-12(3)15(17)11(2)20-21;/h4-6,9H,7-8H2,1-3H3,(H,19,23);1H. The molecule has 0 unspecified atom stereocenters. The molecule has 8 heteroatoms. The number of aryl methyl sites for hydroxylation is 4. The molecule has 0 aliphatic rings. The molecule has 0 spiro atoms. The first-order chi connectivity index (χ1) is 11.0. The Bertz CT molecular complexity index is 912. The van der Waals surface area contributed by atoms with Gasteiger partial charge in [-0.25, -0.2) is 0 Å². The second-order valence-corrected chi connectivity index (χ2v) is 6.76. The molecular formula is C16H19BrClN5S. The van der Waals surface area contributed by atoms with Crippen LogP contribution in [0.5, 0.6) is 0 Å². The van der Waals surface area contributed by atoms with Crippen molar-refractivity contribution in [2.75, 3.05) is 0 Å². The molecule has 2 aromatic heterocycles. The summed E-state index contributed by atoms with van der Waals surface area (Å²) < 4.78 is 5.66. The second kappa shape index (κ2) is 7.63. The quantitative estimate of drug-likeness (QED) is 0.623. The third-order valence-electron chi connectivity index (χ3n) is 3.84. The zero-order chi connectivity index (χ0) is 16.6. The molecule has 2 heterocycles. The van der Waals surface area contributed by atoms with Crippen LogP contribution in [0.3, 0.4) is 0 Å². The van der Waals surface area contributed by atoms with Crippen LogP contribution < -0.4 is 0 Å². The van der Waals surface area contributed by atoms with Crippen LogP contribution in [0.4, 0.5) is 0 Å². The van der Waals surface area contributed by atoms with Crippen molar-refractivity contribution in [3.8, 4) is 5.69 Å². The lowest BCUT2D eigenvalue weighted by Gasteiger charge is -2.08. The van der Waals surface area contributed by atoms with E-state index in [0.717, 1.165) is 40.3 Å². The molecule has 3 rings (SSSR count). The topological polar surface area (TPSA) is 51.4 Å². The lowest BCUT2D eigenvalue weighted by atomic mass is 10.2. The average molecular weight is 429 g/mol. The van der Waals surface area contributed by atoms with Crippen molar-refractivity contribution in [1.82, 2.24) is 24.5 Å². The van der Waals surface area contributed by atoms with E-state index in [1.165, 1.54) is 5.56 Å². The van der Waals surface area contributed by atoms with E-state index in [1.54, 1.807) is 0 Å². The highest BCUT2D eigenvalue weighted by Crippen LogP contribution is 2.20. The summed E-state index contributed by atoms with van der Waals surface area (Å²) >= 11 is 8.96. The Balaban J connectivity index is 0.00000208. The fourth-order valence-electron chi connectivity index (χ4n) is 2.63. The number of aromatic nitrogens is 5. The zero-order valence-corrected chi connectivity index (χ0v) is 16.9. The van der Waals surface area contributed by atoms with Gasteiger partial charge in [-0.3, -0.25) is 14.3 Å². The summed E-state index contributed by atoms with van der Waals surface area (Å²) in [5.41, 5.74) is 4.35. The zero-order valence-electron chi connectivity index (χ0n) is 13.7. The average Bonchev–Trinajstić information content (AvgIpc) is 3.00. The van der Waals surface area contributed by atoms with Gasteiger partial charge in [-0.2, -0.15) is 10.2 Å². The Hall–Kier alpha value is -1.44. The molecule has 0 fully saturated rings. The van der Waals surface area contributed by atoms with Crippen LogP contribution in [0.25, 0.3) is 5.69 Å². The molecule has 1 aromatic carbocycles. The first kappa shape index (κ1) is 18.9. The van der Waals surface area contributed by atoms with Crippen molar-refractivity contribution in [3.63, 3.8) is 0 Å². The monoisotopic (exact) mass is 427 g/mol. The first-order valence-corrected chi connectivity index (χ1v) is 8.60. The minimum absolute atomic E-state index is 0. The molecular weight excluding hydrogens is 410 g/mol. The number of H-pyrrole nitrogens is 1. The number of aromatic amines is 1. The highest BCUT2D eigenvalue weighted by molar-refractivity contribution is 9.10. The van der Waals surface area contributed by atoms with Crippen LogP contribution in [0, 0.1) is 25.5 Å². The van der Waals surface area contributed by atoms with E-state index in [-0.39, 0.29) is 12.4 Å². The van der Waals surface area contributed by atoms with Gasteiger partial charge in [0.25, 0.3) is 0 Å². The second-order valence-electron chi connectivity index (χ2n) is 5.58. The molecule has 3 aromatic rings. The van der Waals surface area contributed by atoms with Crippen molar-refractivity contribution in [1.29, 1.82) is 0 Å². The SMILES string of the molecule is Cc1cccc(-n2c(CCn3nc(C)c(Br)c3C)n[nH]c2=S)c1.Cl. The van der Waals surface area contributed by atoms with Crippen LogP contribution in [-0.4, -0.2) is 24.5 Å². The van der Waals surface area contributed by atoms with Crippen molar-refractivity contribution in [3.05, 3.63) is 56.3 Å². The molecule has 24 heavy (non-hydrogen) atoms. The smallest absolute Gasteiger partial charge is 0.199 e. The molecule has 0 atom stereocenters. The fourth-order valence-corrected chi connectivity index (χ4v) is 3.17. The third kappa shape index (κ3) is 3.63. The molecule has 0 bridgehead atoms. The molecule has 0 aliphatic heterocycles. The summed E-state index contributed by atoms with van der Waals surface area (Å²) in [5, 5.41) is 11.8. The minimum Gasteiger partial charge on any atom is -0.272 e. The Morgan fingerprint density at radius 2 is 2.00 bits per heavy atom. The predicted molar refractivity (Wildman–Crippen MR) is 104 cm³/mol. The van der Waals surface area contributed by atoms with Crippen LogP contribution in [-0.2, 0) is 13.0 Å². The van der Waals surface area contributed by atoms with E-state index >= 15 is 0 Å². The Kier molecular flexibility index (Phi) is 6.01. The summed E-state index contributed by atoms with van der Waals surface area (Å²) in [6, 6.07) is 8.25. The largest absolute Gasteiger partial charge is 0.272 e. The fraction of sp³-hybridized carbons (Fsp3) is 0.312. The van der Waals surface area contributed by atoms with Gasteiger partial charge < -0.3 is 0 Å². The number of halogens is 2. The highest BCUT2D eigenvalue weighted by Gasteiger charge is 2.12. The van der Waals surface area contributed by atoms with Crippen LogP contribution in [0.15, 0.2) is 28.7 Å². The Morgan fingerprint density at radius 3 is 2.62 bits per heavy atom. The summed E-state index contributed by atoms with van der Waals surface area (Å²) in [6.45, 7) is 6.88. The molecule has 128 valence electrons. The van der Waals surface area contributed by atoms with Gasteiger partial charge in [0.1, 0.15) is 5.82 Å². The number of nitrogens with one attached hydrogen (secondary N) is 1. The number of hydrogen-bond acceptors (Lipinski definition) is 3. The lowest BCUT2D eigenvalue weighted by molar-refractivity contribution is 0.577. The van der Waals surface area contributed by atoms with Gasteiger partial charge in [-0.1, -0.05) is 12.1 Å². The number of hydrogen-bond donors (Lipinski definition) is 1. The summed E-state index contributed by atoms with van der Waals surface area (Å²) in [4.78, 5) is 0. The number of benzene rings is 1. The van der Waals surface area contributed by atoms with Crippen molar-refractivity contribution < 1.29 is 0 Å². The van der Waals surface area contributed by atoms with Crippen molar-refractivity contribution >= 4 is 40.6 Å². The maximum absolute atomic E-state index is 5.39. The van der Waals surface area contributed by atoms with E-state index in [9.17, 15) is 0 Å². The summed E-state index contributed by atoms with van der Waals surface area (Å²) in [6.07, 6.45) is 0.746. The van der Waals surface area contributed by atoms with E-state index in [0.29, 0.717) is 4.77 Å². The van der Waals surface area contributed by atoms with E-state index in [2.05, 4.69) is 57.2 Å². The molecule has 0 saturated heterocycles. The molecule has 0 amide bonds. The maximum Gasteiger partial charge on any atom is 0.199 e. The van der Waals surface area contributed by atoms with Gasteiger partial charge in [0.15, 0.2) is 4.77 Å². The molecule has 0 saturated carbocycles. The normalized spacial score (nSPS) is 10.7. The van der Waals surface area contributed by atoms with E-state index < -0.39 is 0 Å². The Labute approximate surface area is 160 Å². The number of nitrogens with zero attached hydrogens (tertiary/aromatic N) is 4. The molecule has 5 nitrogen and oxygen atoms in total. The van der Waals surface area contributed by atoms with Gasteiger partial charge in [0, 0.05) is 24.3 Å². The van der Waals surface area contributed by atoms with Gasteiger partial charge in [0.05, 0.1) is 10.2 Å². The molecule has 0 radical (unpaired) electrons. The summed E-state index contributed by atoms with van der Waals surface area (Å²) in [7, 11) is 0. The number of rotatable bonds is 4. The highest BCUT2D eigenvalue weighted by atomic mass is 79.9. The van der Waals surface area contributed by atoms with E-state index in [4.69, 9.17) is 12.2 Å². The molecule has 0 aliphatic carbocycles. The first-order valence-electron chi connectivity index (χ1n) is 7.40. The summed E-state index contributed by atoms with van der Waals surface area (Å²) in [5.74, 6) is 0.907. The molecule has 1 N–H and O–H groups in total. The van der Waals surface area contributed by atoms with Crippen molar-refractivity contribution in [2.24, 2.45) is 0 Å². The van der Waals surface area contributed by atoms with Crippen LogP contribution >= 0.6 is 40.6 Å². The van der Waals surface area contributed by atoms with Crippen LogP contribution in [0.1, 0.15) is 22.8 Å². The van der Waals surface area contributed by atoms with Gasteiger partial charge in [-0.05, 0) is 66.6 Å². The predicted octanol–water partition coefficient (Wildman–Crippen LogP) is 4.48. The van der Waals surface area contributed by atoms with Crippen LogP contribution in [0.2, 0.25) is 0 Å². The lowest BCUT2D eigenvalue weighted by Crippen LogP contribution is -2.09. The van der Waals surface area contributed by atoms with Gasteiger partial charge >= 0.3 is 0 Å². The van der Waals surface area contributed by atoms with Gasteiger partial charge in [0.2, 0.25) is 0 Å². The third-order valence-corrected chi connectivity index (χ3v) is 5.26. The van der Waals surface area contributed by atoms with E-state index in [1.807, 2.05) is 28.3 Å². The minimum atomic E-state index is 0. The Morgan fingerprint density at radius 1 is 1.25 bits per heavy atom. The van der Waals surface area contributed by atoms with Gasteiger partial charge in [-0.15, -0.1) is 12.4 Å². The maximum atomic E-state index is 5.39. The van der Waals surface area contributed by atoms with Crippen molar-refractivity contribution in [2.45, 2.75) is 33.7 Å².